The molecule has 0 aromatic heterocycles. The Balaban J connectivity index is 2.58. The zero-order valence-electron chi connectivity index (χ0n) is 7.09. The average Bonchev–Trinajstić information content (AvgIpc) is 1.82. The van der Waals surface area contributed by atoms with Gasteiger partial charge in [0.1, 0.15) is 0 Å². The Morgan fingerprint density at radius 2 is 2.33 bits per heavy atom. The van der Waals surface area contributed by atoms with Gasteiger partial charge >= 0.3 is 0 Å². The third-order valence-corrected chi connectivity index (χ3v) is 2.82. The first kappa shape index (κ1) is 10.5. The van der Waals surface area contributed by atoms with E-state index in [0.717, 1.165) is 16.4 Å². The van der Waals surface area contributed by atoms with Crippen LogP contribution in [-0.2, 0) is 0 Å². The molecule has 0 bridgehead atoms. The van der Waals surface area contributed by atoms with Gasteiger partial charge in [-0.05, 0) is 19.3 Å². The van der Waals surface area contributed by atoms with E-state index in [9.17, 15) is 10.2 Å². The zero-order valence-corrected chi connectivity index (χ0v) is 9.25. The molecule has 12 heavy (non-hydrogen) atoms. The van der Waals surface area contributed by atoms with Gasteiger partial charge in [-0.2, -0.15) is 0 Å². The molecule has 0 aromatic carbocycles. The monoisotopic (exact) mass is 282 g/mol. The molecule has 3 heteroatoms. The molecular formula is C9H15IO2. The highest BCUT2D eigenvalue weighted by Crippen LogP contribution is 2.34. The Morgan fingerprint density at radius 3 is 2.83 bits per heavy atom. The van der Waals surface area contributed by atoms with Crippen LogP contribution in [0.5, 0.6) is 0 Å². The number of alkyl halides is 1. The molecular weight excluding hydrogens is 267 g/mol. The molecule has 1 saturated carbocycles. The first-order chi connectivity index (χ1) is 5.56. The van der Waals surface area contributed by atoms with Crippen LogP contribution in [0.15, 0.2) is 12.2 Å². The van der Waals surface area contributed by atoms with Crippen LogP contribution in [0.1, 0.15) is 25.7 Å². The second-order valence-electron chi connectivity index (χ2n) is 3.65. The van der Waals surface area contributed by atoms with Gasteiger partial charge in [0.15, 0.2) is 0 Å². The standard InChI is InChI=1S/C9H15IO2/c1-7-4-8(11)6-9(12,5-7)2-3-10/h8,11-12H,1-6H2. The minimum Gasteiger partial charge on any atom is -0.393 e. The third kappa shape index (κ3) is 2.71. The fraction of sp³-hybridized carbons (Fsp3) is 0.778. The van der Waals surface area contributed by atoms with Gasteiger partial charge in [0.25, 0.3) is 0 Å². The van der Waals surface area contributed by atoms with E-state index < -0.39 is 5.60 Å². The maximum atomic E-state index is 9.99. The van der Waals surface area contributed by atoms with Crippen molar-refractivity contribution in [2.75, 3.05) is 4.43 Å². The summed E-state index contributed by atoms with van der Waals surface area (Å²) in [6.45, 7) is 3.82. The summed E-state index contributed by atoms with van der Waals surface area (Å²) >= 11 is 2.24. The summed E-state index contributed by atoms with van der Waals surface area (Å²) in [4.78, 5) is 0. The Kier molecular flexibility index (Phi) is 3.55. The first-order valence-electron chi connectivity index (χ1n) is 4.19. The van der Waals surface area contributed by atoms with Crippen LogP contribution in [0.4, 0.5) is 0 Å². The highest BCUT2D eigenvalue weighted by molar-refractivity contribution is 14.1. The highest BCUT2D eigenvalue weighted by Gasteiger charge is 2.34. The lowest BCUT2D eigenvalue weighted by Gasteiger charge is -2.35. The maximum Gasteiger partial charge on any atom is 0.0716 e. The molecule has 0 aliphatic heterocycles. The molecule has 2 N–H and O–H groups in total. The van der Waals surface area contributed by atoms with Crippen LogP contribution < -0.4 is 0 Å². The summed E-state index contributed by atoms with van der Waals surface area (Å²) in [6.07, 6.45) is 2.19. The van der Waals surface area contributed by atoms with Gasteiger partial charge in [0.2, 0.25) is 0 Å². The molecule has 0 radical (unpaired) electrons. The zero-order chi connectivity index (χ0) is 9.19. The molecule has 0 amide bonds. The molecule has 0 heterocycles. The van der Waals surface area contributed by atoms with E-state index in [4.69, 9.17) is 0 Å². The molecule has 70 valence electrons. The summed E-state index contributed by atoms with van der Waals surface area (Å²) in [5.74, 6) is 0. The summed E-state index contributed by atoms with van der Waals surface area (Å²) < 4.78 is 0.925. The molecule has 1 rings (SSSR count). The minimum atomic E-state index is -0.685. The third-order valence-electron chi connectivity index (χ3n) is 2.28. The molecule has 2 atom stereocenters. The maximum absolute atomic E-state index is 9.99. The van der Waals surface area contributed by atoms with Gasteiger partial charge in [-0.1, -0.05) is 34.7 Å². The second kappa shape index (κ2) is 4.07. The number of hydrogen-bond acceptors (Lipinski definition) is 2. The van der Waals surface area contributed by atoms with Gasteiger partial charge in [-0.15, -0.1) is 0 Å². The average molecular weight is 282 g/mol. The van der Waals surface area contributed by atoms with Crippen molar-refractivity contribution in [1.29, 1.82) is 0 Å². The van der Waals surface area contributed by atoms with Crippen molar-refractivity contribution in [2.24, 2.45) is 0 Å². The van der Waals surface area contributed by atoms with Crippen molar-refractivity contribution in [2.45, 2.75) is 37.4 Å². The van der Waals surface area contributed by atoms with Crippen LogP contribution in [0.2, 0.25) is 0 Å². The van der Waals surface area contributed by atoms with Crippen LogP contribution in [-0.4, -0.2) is 26.3 Å². The topological polar surface area (TPSA) is 40.5 Å². The molecule has 0 aromatic rings. The number of aliphatic hydroxyl groups is 2. The van der Waals surface area contributed by atoms with Crippen molar-refractivity contribution >= 4 is 22.6 Å². The molecule has 2 unspecified atom stereocenters. The van der Waals surface area contributed by atoms with Crippen molar-refractivity contribution in [3.05, 3.63) is 12.2 Å². The van der Waals surface area contributed by atoms with Crippen molar-refractivity contribution in [3.63, 3.8) is 0 Å². The summed E-state index contributed by atoms with van der Waals surface area (Å²) in [6, 6.07) is 0. The van der Waals surface area contributed by atoms with E-state index in [0.29, 0.717) is 19.3 Å². The Hall–Kier alpha value is 0.390. The van der Waals surface area contributed by atoms with Gasteiger partial charge in [-0.25, -0.2) is 0 Å². The second-order valence-corrected chi connectivity index (χ2v) is 4.73. The number of hydrogen-bond donors (Lipinski definition) is 2. The van der Waals surface area contributed by atoms with Crippen molar-refractivity contribution in [3.8, 4) is 0 Å². The fourth-order valence-corrected chi connectivity index (χ4v) is 2.82. The molecule has 1 aliphatic rings. The van der Waals surface area contributed by atoms with E-state index in [1.165, 1.54) is 0 Å². The highest BCUT2D eigenvalue weighted by atomic mass is 127. The fourth-order valence-electron chi connectivity index (χ4n) is 1.82. The van der Waals surface area contributed by atoms with E-state index in [-0.39, 0.29) is 6.10 Å². The van der Waals surface area contributed by atoms with Crippen molar-refractivity contribution in [1.82, 2.24) is 0 Å². The molecule has 1 aliphatic carbocycles. The Bertz CT molecular complexity index is 181. The quantitative estimate of drug-likeness (QED) is 0.459. The SMILES string of the molecule is C=C1CC(O)CC(O)(CCI)C1. The van der Waals surface area contributed by atoms with Crippen LogP contribution in [0.25, 0.3) is 0 Å². The number of rotatable bonds is 2. The minimum absolute atomic E-state index is 0.390. The van der Waals surface area contributed by atoms with Gasteiger partial charge in [0, 0.05) is 10.8 Å². The summed E-state index contributed by atoms with van der Waals surface area (Å²) in [7, 11) is 0. The van der Waals surface area contributed by atoms with Crippen molar-refractivity contribution < 1.29 is 10.2 Å². The number of halogens is 1. The van der Waals surface area contributed by atoms with Crippen LogP contribution in [0.3, 0.4) is 0 Å². The smallest absolute Gasteiger partial charge is 0.0716 e. The molecule has 0 saturated heterocycles. The lowest BCUT2D eigenvalue weighted by Crippen LogP contribution is -2.38. The van der Waals surface area contributed by atoms with Gasteiger partial charge in [-0.3, -0.25) is 0 Å². The largest absolute Gasteiger partial charge is 0.393 e. The molecule has 1 fully saturated rings. The predicted octanol–water partition coefficient (Wildman–Crippen LogP) is 1.64. The normalized spacial score (nSPS) is 36.9. The van der Waals surface area contributed by atoms with Crippen LogP contribution >= 0.6 is 22.6 Å². The summed E-state index contributed by atoms with van der Waals surface area (Å²) in [5.41, 5.74) is 0.289. The summed E-state index contributed by atoms with van der Waals surface area (Å²) in [5, 5.41) is 19.4. The van der Waals surface area contributed by atoms with Gasteiger partial charge in [0.05, 0.1) is 11.7 Å². The molecule has 2 nitrogen and oxygen atoms in total. The van der Waals surface area contributed by atoms with E-state index in [1.54, 1.807) is 0 Å². The number of aliphatic hydroxyl groups excluding tert-OH is 1. The predicted molar refractivity (Wildman–Crippen MR) is 57.5 cm³/mol. The van der Waals surface area contributed by atoms with E-state index in [1.807, 2.05) is 0 Å². The van der Waals surface area contributed by atoms with Gasteiger partial charge < -0.3 is 10.2 Å². The lowest BCUT2D eigenvalue weighted by molar-refractivity contribution is -0.0284. The van der Waals surface area contributed by atoms with E-state index >= 15 is 0 Å². The Morgan fingerprint density at radius 1 is 1.67 bits per heavy atom. The molecule has 0 spiro atoms. The lowest BCUT2D eigenvalue weighted by atomic mass is 9.79. The Labute approximate surface area is 86.8 Å². The van der Waals surface area contributed by atoms with E-state index in [2.05, 4.69) is 29.2 Å². The van der Waals surface area contributed by atoms with Crippen LogP contribution in [0, 0.1) is 0 Å². The first-order valence-corrected chi connectivity index (χ1v) is 5.71.